The van der Waals surface area contributed by atoms with Gasteiger partial charge in [-0.15, -0.1) is 0 Å². The molecule has 2 amide bonds. The van der Waals surface area contributed by atoms with Gasteiger partial charge in [-0.05, 0) is 66.0 Å². The van der Waals surface area contributed by atoms with E-state index < -0.39 is 11.7 Å². The maximum Gasteiger partial charge on any atom is 0.431 e. The van der Waals surface area contributed by atoms with Crippen LogP contribution < -0.4 is 20.5 Å². The van der Waals surface area contributed by atoms with Gasteiger partial charge >= 0.3 is 11.3 Å². The zero-order valence-corrected chi connectivity index (χ0v) is 22.1. The van der Waals surface area contributed by atoms with E-state index in [1.54, 1.807) is 60.5 Å². The van der Waals surface area contributed by atoms with Crippen LogP contribution in [0.5, 0.6) is 0 Å². The van der Waals surface area contributed by atoms with Crippen LogP contribution in [0, 0.1) is 0 Å². The van der Waals surface area contributed by atoms with Gasteiger partial charge in [-0.3, -0.25) is 19.0 Å². The van der Waals surface area contributed by atoms with Crippen LogP contribution in [-0.2, 0) is 23.2 Å². The number of nitrogens with zero attached hydrogens (tertiary/aromatic N) is 4. The molecule has 6 rings (SSSR count). The number of oxazole rings is 1. The number of carbonyl (C=O) groups is 2. The first kappa shape index (κ1) is 25.2. The number of carbonyl (C=O) groups excluding carboxylic acids is 2. The lowest BCUT2D eigenvalue weighted by Crippen LogP contribution is -2.44. The molecule has 2 N–H and O–H groups in total. The van der Waals surface area contributed by atoms with Crippen molar-refractivity contribution in [3.05, 3.63) is 95.0 Å². The molecule has 12 heteroatoms. The molecule has 1 fully saturated rings. The second-order valence-electron chi connectivity index (χ2n) is 9.24. The summed E-state index contributed by atoms with van der Waals surface area (Å²) in [6, 6.07) is 22.6. The SMILES string of the molecule is C[n+]1[nH]oc(=O)c1CN1C(=S)N(c2ccccc2)C(=O)C1CC(=O)Nc1ccc(-c2nc3ccccc3o2)cc1. The summed E-state index contributed by atoms with van der Waals surface area (Å²) in [6.07, 6.45) is -0.186. The Morgan fingerprint density at radius 3 is 2.48 bits per heavy atom. The smallest absolute Gasteiger partial charge is 0.431 e. The highest BCUT2D eigenvalue weighted by Crippen LogP contribution is 2.29. The van der Waals surface area contributed by atoms with E-state index in [1.165, 1.54) is 9.58 Å². The van der Waals surface area contributed by atoms with Crippen LogP contribution in [0.4, 0.5) is 11.4 Å². The first-order valence-electron chi connectivity index (χ1n) is 12.4. The van der Waals surface area contributed by atoms with Gasteiger partial charge in [-0.1, -0.05) is 35.0 Å². The minimum Gasteiger partial charge on any atom is -0.436 e. The van der Waals surface area contributed by atoms with E-state index in [-0.39, 0.29) is 35.6 Å². The first-order valence-corrected chi connectivity index (χ1v) is 12.8. The van der Waals surface area contributed by atoms with Crippen molar-refractivity contribution in [2.45, 2.75) is 19.0 Å². The van der Waals surface area contributed by atoms with Gasteiger partial charge in [0.1, 0.15) is 18.1 Å². The fourth-order valence-electron chi connectivity index (χ4n) is 4.60. The standard InChI is InChI=1S/C28H22N6O5S/c1-32-22(27(37)39-31-32)16-33-21(26(36)34(28(33)40)19-7-3-2-4-8-19)15-24(35)29-18-13-11-17(12-14-18)25-30-20-9-5-6-10-23(20)38-25/h2-14,21H,15-16H2,1H3,(H-,29,30,31,35,37)/p+1. The summed E-state index contributed by atoms with van der Waals surface area (Å²) >= 11 is 5.66. The Morgan fingerprint density at radius 2 is 1.77 bits per heavy atom. The van der Waals surface area contributed by atoms with Crippen molar-refractivity contribution in [2.24, 2.45) is 7.05 Å². The van der Waals surface area contributed by atoms with E-state index in [0.29, 0.717) is 22.8 Å². The Morgan fingerprint density at radius 1 is 1.05 bits per heavy atom. The maximum absolute atomic E-state index is 13.6. The number of thiocarbonyl (C=S) groups is 1. The minimum absolute atomic E-state index is 0.0205. The monoisotopic (exact) mass is 555 g/mol. The lowest BCUT2D eigenvalue weighted by molar-refractivity contribution is -0.746. The van der Waals surface area contributed by atoms with Gasteiger partial charge < -0.3 is 14.6 Å². The van der Waals surface area contributed by atoms with Gasteiger partial charge in [0, 0.05) is 11.3 Å². The van der Waals surface area contributed by atoms with Crippen LogP contribution >= 0.6 is 12.2 Å². The Hall–Kier alpha value is -5.10. The lowest BCUT2D eigenvalue weighted by atomic mass is 10.1. The number of amides is 2. The number of fused-ring (bicyclic) bond motifs is 1. The number of aryl methyl sites for hydroxylation is 1. The molecule has 0 spiro atoms. The van der Waals surface area contributed by atoms with Gasteiger partial charge in [0.05, 0.1) is 12.1 Å². The Balaban J connectivity index is 1.21. The molecule has 5 aromatic rings. The summed E-state index contributed by atoms with van der Waals surface area (Å²) in [6.45, 7) is -0.0205. The third-order valence-electron chi connectivity index (χ3n) is 6.66. The quantitative estimate of drug-likeness (QED) is 0.232. The molecule has 1 saturated heterocycles. The number of H-pyrrole nitrogens is 1. The number of hydrogen-bond donors (Lipinski definition) is 2. The van der Waals surface area contributed by atoms with Gasteiger partial charge in [-0.2, -0.15) is 0 Å². The molecule has 40 heavy (non-hydrogen) atoms. The molecule has 11 nitrogen and oxygen atoms in total. The predicted molar refractivity (Wildman–Crippen MR) is 149 cm³/mol. The molecule has 2 aromatic heterocycles. The largest absolute Gasteiger partial charge is 0.436 e. The third kappa shape index (κ3) is 4.64. The normalized spacial score (nSPS) is 15.3. The zero-order chi connectivity index (χ0) is 27.8. The Bertz CT molecular complexity index is 1760. The molecular weight excluding hydrogens is 532 g/mol. The van der Waals surface area contributed by atoms with Crippen LogP contribution in [0.2, 0.25) is 0 Å². The maximum atomic E-state index is 13.6. The number of hydrogen-bond acceptors (Lipinski definition) is 7. The molecular formula is C28H23N6O5S+. The molecule has 1 atom stereocenters. The summed E-state index contributed by atoms with van der Waals surface area (Å²) in [5.74, 6) is -0.274. The Labute approximate surface area is 232 Å². The van der Waals surface area contributed by atoms with E-state index in [2.05, 4.69) is 15.6 Å². The number of rotatable bonds is 7. The van der Waals surface area contributed by atoms with Crippen LogP contribution in [0.1, 0.15) is 12.1 Å². The molecule has 0 radical (unpaired) electrons. The molecule has 200 valence electrons. The number of aromatic amines is 1. The highest BCUT2D eigenvalue weighted by molar-refractivity contribution is 7.80. The summed E-state index contributed by atoms with van der Waals surface area (Å²) < 4.78 is 12.1. The average molecular weight is 556 g/mol. The van der Waals surface area contributed by atoms with Crippen molar-refractivity contribution in [2.75, 3.05) is 10.2 Å². The Kier molecular flexibility index (Phi) is 6.44. The van der Waals surface area contributed by atoms with Crippen LogP contribution in [0.25, 0.3) is 22.6 Å². The van der Waals surface area contributed by atoms with E-state index in [0.717, 1.165) is 11.1 Å². The van der Waals surface area contributed by atoms with Crippen molar-refractivity contribution in [1.82, 2.24) is 15.2 Å². The fourth-order valence-corrected chi connectivity index (χ4v) is 4.99. The van der Waals surface area contributed by atoms with E-state index in [4.69, 9.17) is 21.2 Å². The number of nitrogens with one attached hydrogen (secondary N) is 2. The molecule has 1 unspecified atom stereocenters. The van der Waals surface area contributed by atoms with Crippen LogP contribution in [-0.4, -0.2) is 38.1 Å². The fraction of sp³-hybridized carbons (Fsp3) is 0.143. The number of anilines is 2. The molecule has 0 aliphatic carbocycles. The van der Waals surface area contributed by atoms with Gasteiger partial charge in [0.2, 0.25) is 11.8 Å². The highest BCUT2D eigenvalue weighted by atomic mass is 32.1. The minimum atomic E-state index is -0.930. The van der Waals surface area contributed by atoms with Gasteiger partial charge in [0.25, 0.3) is 5.91 Å². The second-order valence-corrected chi connectivity index (χ2v) is 9.60. The summed E-state index contributed by atoms with van der Waals surface area (Å²) in [4.78, 5) is 46.4. The summed E-state index contributed by atoms with van der Waals surface area (Å²) in [7, 11) is 1.61. The number of aromatic nitrogens is 3. The molecule has 3 aromatic carbocycles. The summed E-state index contributed by atoms with van der Waals surface area (Å²) in [5.41, 5.74) is 2.99. The van der Waals surface area contributed by atoms with Crippen molar-refractivity contribution in [3.63, 3.8) is 0 Å². The van der Waals surface area contributed by atoms with Crippen LogP contribution in [0.3, 0.4) is 0 Å². The topological polar surface area (TPSA) is 129 Å². The first-order chi connectivity index (χ1) is 19.4. The lowest BCUT2D eigenvalue weighted by Gasteiger charge is -2.21. The van der Waals surface area contributed by atoms with E-state index in [9.17, 15) is 14.4 Å². The molecule has 1 aliphatic rings. The molecule has 0 saturated carbocycles. The van der Waals surface area contributed by atoms with Crippen molar-refractivity contribution < 1.29 is 23.2 Å². The third-order valence-corrected chi connectivity index (χ3v) is 7.07. The molecule has 0 bridgehead atoms. The van der Waals surface area contributed by atoms with Gasteiger partial charge in [-0.25, -0.2) is 9.78 Å². The predicted octanol–water partition coefficient (Wildman–Crippen LogP) is 3.13. The molecule has 1 aliphatic heterocycles. The highest BCUT2D eigenvalue weighted by Gasteiger charge is 2.45. The van der Waals surface area contributed by atoms with E-state index >= 15 is 0 Å². The van der Waals surface area contributed by atoms with Crippen molar-refractivity contribution >= 4 is 51.6 Å². The average Bonchev–Trinajstić information content (AvgIpc) is 3.60. The summed E-state index contributed by atoms with van der Waals surface area (Å²) in [5, 5.41) is 5.50. The second kappa shape index (κ2) is 10.2. The number of para-hydroxylation sites is 3. The van der Waals surface area contributed by atoms with E-state index in [1.807, 2.05) is 30.3 Å². The molecule has 3 heterocycles. The van der Waals surface area contributed by atoms with Gasteiger partial charge in [0.15, 0.2) is 17.7 Å². The number of benzene rings is 3. The van der Waals surface area contributed by atoms with Crippen molar-refractivity contribution in [3.8, 4) is 11.5 Å². The zero-order valence-electron chi connectivity index (χ0n) is 21.2. The van der Waals surface area contributed by atoms with Crippen molar-refractivity contribution in [1.29, 1.82) is 0 Å². The van der Waals surface area contributed by atoms with Crippen LogP contribution in [0.15, 0.2) is 92.6 Å².